The Morgan fingerprint density at radius 3 is 1.68 bits per heavy atom. The van der Waals surface area contributed by atoms with Crippen LogP contribution in [0.5, 0.6) is 0 Å². The summed E-state index contributed by atoms with van der Waals surface area (Å²) < 4.78 is 4.78. The molecule has 0 saturated heterocycles. The topological polar surface area (TPSA) is 9.86 Å². The van der Waals surface area contributed by atoms with Gasteiger partial charge in [-0.3, -0.25) is 0 Å². The Hall–Kier alpha value is -5.86. The Kier molecular flexibility index (Phi) is 5.54. The highest BCUT2D eigenvalue weighted by Gasteiger charge is 2.18. The van der Waals surface area contributed by atoms with Crippen LogP contribution in [0, 0.1) is 0 Å². The SMILES string of the molecule is c1ccc(-c2cc(-c3ccccc3)cc(-n3c4ccccc4c4ccc5cc6ccn(-c7ccccc7)c6cc5c43)c2)cc1. The van der Waals surface area contributed by atoms with Gasteiger partial charge in [0.25, 0.3) is 0 Å². The molecule has 0 saturated carbocycles. The van der Waals surface area contributed by atoms with E-state index in [-0.39, 0.29) is 0 Å². The van der Waals surface area contributed by atoms with Crippen LogP contribution in [0.25, 0.3) is 77.1 Å². The van der Waals surface area contributed by atoms with Gasteiger partial charge in [-0.05, 0) is 82.2 Å². The average molecular weight is 561 g/mol. The Morgan fingerprint density at radius 1 is 0.341 bits per heavy atom. The second kappa shape index (κ2) is 9.86. The van der Waals surface area contributed by atoms with Crippen molar-refractivity contribution < 1.29 is 0 Å². The molecule has 2 aromatic heterocycles. The number of nitrogens with zero attached hydrogens (tertiary/aromatic N) is 2. The lowest BCUT2D eigenvalue weighted by atomic mass is 9.98. The third kappa shape index (κ3) is 3.89. The largest absolute Gasteiger partial charge is 0.317 e. The summed E-state index contributed by atoms with van der Waals surface area (Å²) >= 11 is 0. The summed E-state index contributed by atoms with van der Waals surface area (Å²) in [6.45, 7) is 0. The van der Waals surface area contributed by atoms with Gasteiger partial charge >= 0.3 is 0 Å². The second-order valence-corrected chi connectivity index (χ2v) is 11.5. The van der Waals surface area contributed by atoms with Crippen LogP contribution in [0.2, 0.25) is 0 Å². The molecule has 0 radical (unpaired) electrons. The predicted molar refractivity (Wildman–Crippen MR) is 186 cm³/mol. The van der Waals surface area contributed by atoms with Gasteiger partial charge in [0, 0.05) is 39.1 Å². The molecule has 0 N–H and O–H groups in total. The standard InChI is InChI=1S/C42H28N2/c1-4-12-29(13-5-1)33-25-34(30-14-6-2-7-15-30)27-36(26-33)44-40-19-11-10-18-37(40)38-21-20-31-24-32-22-23-43(35-16-8-3-9-17-35)41(32)28-39(31)42(38)44/h1-28H. The predicted octanol–water partition coefficient (Wildman–Crippen LogP) is 11.2. The van der Waals surface area contributed by atoms with Crippen molar-refractivity contribution in [3.05, 3.63) is 170 Å². The molecule has 2 heterocycles. The maximum Gasteiger partial charge on any atom is 0.0620 e. The van der Waals surface area contributed by atoms with E-state index in [1.807, 2.05) is 0 Å². The zero-order valence-corrected chi connectivity index (χ0v) is 24.1. The first kappa shape index (κ1) is 24.7. The molecule has 0 bridgehead atoms. The minimum atomic E-state index is 1.16. The first-order chi connectivity index (χ1) is 21.8. The highest BCUT2D eigenvalue weighted by Crippen LogP contribution is 2.40. The summed E-state index contributed by atoms with van der Waals surface area (Å²) in [4.78, 5) is 0. The fourth-order valence-electron chi connectivity index (χ4n) is 6.83. The molecule has 7 aromatic carbocycles. The van der Waals surface area contributed by atoms with E-state index < -0.39 is 0 Å². The highest BCUT2D eigenvalue weighted by molar-refractivity contribution is 6.20. The molecule has 0 atom stereocenters. The Morgan fingerprint density at radius 2 is 0.977 bits per heavy atom. The van der Waals surface area contributed by atoms with Gasteiger partial charge in [-0.25, -0.2) is 0 Å². The van der Waals surface area contributed by atoms with Crippen LogP contribution < -0.4 is 0 Å². The zero-order chi connectivity index (χ0) is 29.0. The molecular formula is C42H28N2. The number of aromatic nitrogens is 2. The summed E-state index contributed by atoms with van der Waals surface area (Å²) in [5.41, 5.74) is 10.8. The van der Waals surface area contributed by atoms with Gasteiger partial charge in [-0.15, -0.1) is 0 Å². The van der Waals surface area contributed by atoms with Gasteiger partial charge in [0.1, 0.15) is 0 Å². The van der Waals surface area contributed by atoms with Gasteiger partial charge in [-0.2, -0.15) is 0 Å². The van der Waals surface area contributed by atoms with E-state index in [9.17, 15) is 0 Å². The lowest BCUT2D eigenvalue weighted by Crippen LogP contribution is -1.97. The fourth-order valence-corrected chi connectivity index (χ4v) is 6.83. The van der Waals surface area contributed by atoms with Gasteiger partial charge in [0.05, 0.1) is 16.6 Å². The van der Waals surface area contributed by atoms with E-state index in [4.69, 9.17) is 0 Å². The van der Waals surface area contributed by atoms with Crippen LogP contribution in [0.3, 0.4) is 0 Å². The molecule has 0 spiro atoms. The van der Waals surface area contributed by atoms with Crippen molar-refractivity contribution in [3.8, 4) is 33.6 Å². The zero-order valence-electron chi connectivity index (χ0n) is 24.1. The summed E-state index contributed by atoms with van der Waals surface area (Å²) in [6, 6.07) is 59.4. The smallest absolute Gasteiger partial charge is 0.0620 e. The Bertz CT molecular complexity index is 2410. The molecule has 2 heteroatoms. The van der Waals surface area contributed by atoms with Crippen molar-refractivity contribution in [1.82, 2.24) is 9.13 Å². The van der Waals surface area contributed by atoms with Gasteiger partial charge in [0.15, 0.2) is 0 Å². The summed E-state index contributed by atoms with van der Waals surface area (Å²) in [5, 5.41) is 6.24. The Labute approximate surface area is 255 Å². The second-order valence-electron chi connectivity index (χ2n) is 11.5. The first-order valence-corrected chi connectivity index (χ1v) is 15.1. The lowest BCUT2D eigenvalue weighted by molar-refractivity contribution is 1.13. The molecule has 44 heavy (non-hydrogen) atoms. The molecule has 2 nitrogen and oxygen atoms in total. The van der Waals surface area contributed by atoms with Gasteiger partial charge in [-0.1, -0.05) is 109 Å². The minimum absolute atomic E-state index is 1.16. The number of benzene rings is 7. The molecule has 0 fully saturated rings. The van der Waals surface area contributed by atoms with E-state index in [1.54, 1.807) is 0 Å². The third-order valence-electron chi connectivity index (χ3n) is 8.88. The number of rotatable bonds is 4. The number of fused-ring (bicyclic) bond motifs is 6. The minimum Gasteiger partial charge on any atom is -0.317 e. The third-order valence-corrected chi connectivity index (χ3v) is 8.88. The maximum absolute atomic E-state index is 2.48. The van der Waals surface area contributed by atoms with Gasteiger partial charge in [0.2, 0.25) is 0 Å². The normalized spacial score (nSPS) is 11.6. The summed E-state index contributed by atoms with van der Waals surface area (Å²) in [5.74, 6) is 0. The van der Waals surface area contributed by atoms with Crippen LogP contribution in [0.15, 0.2) is 170 Å². The summed E-state index contributed by atoms with van der Waals surface area (Å²) in [7, 11) is 0. The van der Waals surface area contributed by atoms with Crippen LogP contribution in [-0.2, 0) is 0 Å². The van der Waals surface area contributed by atoms with E-state index in [1.165, 1.54) is 65.7 Å². The molecule has 0 unspecified atom stereocenters. The van der Waals surface area contributed by atoms with E-state index in [2.05, 4.69) is 179 Å². The van der Waals surface area contributed by atoms with Crippen LogP contribution in [0.4, 0.5) is 0 Å². The number of hydrogen-bond acceptors (Lipinski definition) is 0. The molecule has 0 aliphatic heterocycles. The fraction of sp³-hybridized carbons (Fsp3) is 0. The summed E-state index contributed by atoms with van der Waals surface area (Å²) in [6.07, 6.45) is 2.18. The van der Waals surface area contributed by atoms with E-state index in [0.29, 0.717) is 0 Å². The van der Waals surface area contributed by atoms with Crippen molar-refractivity contribution in [2.24, 2.45) is 0 Å². The molecule has 206 valence electrons. The number of para-hydroxylation sites is 2. The lowest BCUT2D eigenvalue weighted by Gasteiger charge is -2.15. The highest BCUT2D eigenvalue weighted by atomic mass is 15.0. The molecule has 0 amide bonds. The molecular weight excluding hydrogens is 532 g/mol. The van der Waals surface area contributed by atoms with Crippen molar-refractivity contribution >= 4 is 43.5 Å². The molecule has 9 aromatic rings. The number of hydrogen-bond donors (Lipinski definition) is 0. The average Bonchev–Trinajstić information content (AvgIpc) is 3.67. The van der Waals surface area contributed by atoms with Crippen LogP contribution >= 0.6 is 0 Å². The van der Waals surface area contributed by atoms with Crippen LogP contribution in [0.1, 0.15) is 0 Å². The Balaban J connectivity index is 1.40. The van der Waals surface area contributed by atoms with Crippen molar-refractivity contribution in [3.63, 3.8) is 0 Å². The monoisotopic (exact) mass is 560 g/mol. The van der Waals surface area contributed by atoms with E-state index in [0.717, 1.165) is 11.4 Å². The molecule has 9 rings (SSSR count). The van der Waals surface area contributed by atoms with Crippen molar-refractivity contribution in [2.45, 2.75) is 0 Å². The molecule has 0 aliphatic rings. The quantitative estimate of drug-likeness (QED) is 0.203. The first-order valence-electron chi connectivity index (χ1n) is 15.1. The van der Waals surface area contributed by atoms with Crippen molar-refractivity contribution in [2.75, 3.05) is 0 Å². The maximum atomic E-state index is 2.48. The van der Waals surface area contributed by atoms with Gasteiger partial charge < -0.3 is 9.13 Å². The molecule has 0 aliphatic carbocycles. The van der Waals surface area contributed by atoms with E-state index >= 15 is 0 Å². The van der Waals surface area contributed by atoms with Crippen molar-refractivity contribution in [1.29, 1.82) is 0 Å². The van der Waals surface area contributed by atoms with Crippen LogP contribution in [-0.4, -0.2) is 9.13 Å².